The summed E-state index contributed by atoms with van der Waals surface area (Å²) in [5.74, 6) is 2.39. The molecule has 2 aromatic rings. The molecule has 3 fully saturated rings. The molecule has 4 aliphatic rings. The van der Waals surface area contributed by atoms with Crippen LogP contribution >= 0.6 is 11.8 Å². The van der Waals surface area contributed by atoms with E-state index in [0.29, 0.717) is 41.3 Å². The van der Waals surface area contributed by atoms with E-state index in [9.17, 15) is 22.5 Å². The number of hydrogen-bond acceptors (Lipinski definition) is 9. The van der Waals surface area contributed by atoms with Gasteiger partial charge in [-0.3, -0.25) is 4.21 Å². The molecule has 13 heteroatoms. The Kier molecular flexibility index (Phi) is 5.95. The second kappa shape index (κ2) is 8.80. The molecule has 2 N–H and O–H groups in total. The lowest BCUT2D eigenvalue weighted by molar-refractivity contribution is -0.0328. The van der Waals surface area contributed by atoms with Crippen LogP contribution in [0.4, 0.5) is 24.9 Å². The van der Waals surface area contributed by atoms with Gasteiger partial charge in [-0.15, -0.1) is 0 Å². The van der Waals surface area contributed by atoms with Crippen LogP contribution in [-0.4, -0.2) is 65.7 Å². The molecule has 36 heavy (non-hydrogen) atoms. The van der Waals surface area contributed by atoms with Gasteiger partial charge in [0, 0.05) is 42.6 Å². The Morgan fingerprint density at radius 2 is 1.83 bits per heavy atom. The maximum absolute atomic E-state index is 13.0. The Balaban J connectivity index is 1.21. The standard InChI is InChI=1S/C23H27F3N6O2S2/c24-23(25,26)35-15-10-27-18(28-11-15)14-2-8-32(9-3-14)20-29-17-16(36(34)13-21(17)6-7-21)19(30-20)31-22(12-33)4-1-5-22/h10-11,14,33H,1-9,12-13H2,(H,29,30,31). The Labute approximate surface area is 213 Å². The number of thioether (sulfide) groups is 1. The monoisotopic (exact) mass is 540 g/mol. The minimum Gasteiger partial charge on any atom is -0.394 e. The molecule has 0 radical (unpaired) electrons. The molecule has 2 saturated carbocycles. The van der Waals surface area contributed by atoms with Crippen molar-refractivity contribution in [2.45, 2.75) is 77.1 Å². The predicted molar refractivity (Wildman–Crippen MR) is 130 cm³/mol. The number of rotatable bonds is 6. The van der Waals surface area contributed by atoms with Crippen LogP contribution in [0.15, 0.2) is 22.2 Å². The van der Waals surface area contributed by atoms with E-state index < -0.39 is 21.8 Å². The van der Waals surface area contributed by atoms with Crippen LogP contribution in [0, 0.1) is 0 Å². The molecule has 0 aromatic carbocycles. The molecule has 4 heterocycles. The second-order valence-corrected chi connectivity index (χ2v) is 12.8. The van der Waals surface area contributed by atoms with Crippen LogP contribution in [0.3, 0.4) is 0 Å². The summed E-state index contributed by atoms with van der Waals surface area (Å²) in [6.45, 7) is 1.32. The van der Waals surface area contributed by atoms with Crippen molar-refractivity contribution >= 4 is 34.3 Å². The fraction of sp³-hybridized carbons (Fsp3) is 0.652. The summed E-state index contributed by atoms with van der Waals surface area (Å²) in [6, 6.07) is 0. The highest BCUT2D eigenvalue weighted by Gasteiger charge is 2.55. The number of aromatic nitrogens is 4. The smallest absolute Gasteiger partial charge is 0.394 e. The molecular formula is C23H27F3N6O2S2. The van der Waals surface area contributed by atoms with Crippen molar-refractivity contribution in [1.29, 1.82) is 0 Å². The molecule has 1 atom stereocenters. The highest BCUT2D eigenvalue weighted by Crippen LogP contribution is 2.56. The zero-order valence-corrected chi connectivity index (χ0v) is 21.2. The van der Waals surface area contributed by atoms with Gasteiger partial charge in [-0.25, -0.2) is 15.0 Å². The number of hydrogen-bond donors (Lipinski definition) is 2. The molecule has 8 nitrogen and oxygen atoms in total. The van der Waals surface area contributed by atoms with E-state index in [4.69, 9.17) is 9.97 Å². The molecule has 1 spiro atoms. The van der Waals surface area contributed by atoms with Gasteiger partial charge in [0.05, 0.1) is 33.5 Å². The van der Waals surface area contributed by atoms with Crippen molar-refractivity contribution < 1.29 is 22.5 Å². The number of anilines is 2. The molecule has 1 saturated heterocycles. The van der Waals surface area contributed by atoms with Gasteiger partial charge in [0.1, 0.15) is 16.5 Å². The van der Waals surface area contributed by atoms with Crippen LogP contribution < -0.4 is 10.2 Å². The van der Waals surface area contributed by atoms with Crippen molar-refractivity contribution in [2.24, 2.45) is 0 Å². The van der Waals surface area contributed by atoms with Crippen LogP contribution in [0.5, 0.6) is 0 Å². The van der Waals surface area contributed by atoms with E-state index in [1.165, 1.54) is 12.4 Å². The number of halogens is 3. The first kappa shape index (κ1) is 24.4. The van der Waals surface area contributed by atoms with Crippen molar-refractivity contribution in [3.63, 3.8) is 0 Å². The number of nitrogens with one attached hydrogen (secondary N) is 1. The minimum atomic E-state index is -4.36. The lowest BCUT2D eigenvalue weighted by Gasteiger charge is -2.42. The van der Waals surface area contributed by atoms with Crippen molar-refractivity contribution in [2.75, 3.05) is 35.7 Å². The molecule has 2 aromatic heterocycles. The zero-order chi connectivity index (χ0) is 25.1. The first-order valence-corrected chi connectivity index (χ1v) is 14.4. The van der Waals surface area contributed by atoms with Gasteiger partial charge in [-0.05, 0) is 56.7 Å². The SMILES string of the molecule is O=S1CC2(CC2)c2nc(N3CCC(c4ncc(SC(F)(F)F)cn4)CC3)nc(NC3(CO)CCC3)c21. The molecule has 6 rings (SSSR count). The van der Waals surface area contributed by atoms with Gasteiger partial charge in [0.2, 0.25) is 5.95 Å². The molecule has 2 aliphatic carbocycles. The molecular weight excluding hydrogens is 513 g/mol. The maximum Gasteiger partial charge on any atom is 0.446 e. The number of piperidine rings is 1. The largest absolute Gasteiger partial charge is 0.446 e. The number of aliphatic hydroxyl groups excluding tert-OH is 1. The summed E-state index contributed by atoms with van der Waals surface area (Å²) < 4.78 is 50.8. The quantitative estimate of drug-likeness (QED) is 0.530. The average Bonchev–Trinajstić information content (AvgIpc) is 3.54. The molecule has 0 amide bonds. The van der Waals surface area contributed by atoms with E-state index >= 15 is 0 Å². The van der Waals surface area contributed by atoms with Crippen LogP contribution in [0.2, 0.25) is 0 Å². The summed E-state index contributed by atoms with van der Waals surface area (Å²) in [6.07, 6.45) is 8.62. The summed E-state index contributed by atoms with van der Waals surface area (Å²) >= 11 is -0.212. The molecule has 0 bridgehead atoms. The number of fused-ring (bicyclic) bond motifs is 2. The minimum absolute atomic E-state index is 0.00451. The summed E-state index contributed by atoms with van der Waals surface area (Å²) in [7, 11) is -1.16. The first-order chi connectivity index (χ1) is 17.2. The van der Waals surface area contributed by atoms with Gasteiger partial charge in [0.15, 0.2) is 0 Å². The first-order valence-electron chi connectivity index (χ1n) is 12.2. The van der Waals surface area contributed by atoms with Gasteiger partial charge >= 0.3 is 5.51 Å². The third-order valence-electron chi connectivity index (χ3n) is 7.87. The number of aliphatic hydroxyl groups is 1. The van der Waals surface area contributed by atoms with Crippen molar-refractivity contribution in [1.82, 2.24) is 19.9 Å². The molecule has 2 aliphatic heterocycles. The normalized spacial score (nSPS) is 24.4. The topological polar surface area (TPSA) is 104 Å². The summed E-state index contributed by atoms with van der Waals surface area (Å²) in [4.78, 5) is 20.9. The second-order valence-electron chi connectivity index (χ2n) is 10.3. The Morgan fingerprint density at radius 3 is 2.39 bits per heavy atom. The van der Waals surface area contributed by atoms with E-state index in [1.807, 2.05) is 0 Å². The fourth-order valence-corrected chi connectivity index (χ4v) is 7.74. The lowest BCUT2D eigenvalue weighted by atomic mass is 9.77. The fourth-order valence-electron chi connectivity index (χ4n) is 5.40. The lowest BCUT2D eigenvalue weighted by Crippen LogP contribution is -2.49. The zero-order valence-electron chi connectivity index (χ0n) is 19.6. The van der Waals surface area contributed by atoms with Crippen molar-refractivity contribution in [3.8, 4) is 0 Å². The molecule has 194 valence electrons. The maximum atomic E-state index is 13.0. The summed E-state index contributed by atoms with van der Waals surface area (Å²) in [5.41, 5.74) is -3.99. The average molecular weight is 541 g/mol. The third kappa shape index (κ3) is 4.47. The van der Waals surface area contributed by atoms with E-state index in [0.717, 1.165) is 50.6 Å². The molecule has 1 unspecified atom stereocenters. The van der Waals surface area contributed by atoms with Crippen LogP contribution in [0.1, 0.15) is 62.4 Å². The van der Waals surface area contributed by atoms with Crippen LogP contribution in [-0.2, 0) is 16.2 Å². The summed E-state index contributed by atoms with van der Waals surface area (Å²) in [5, 5.41) is 13.4. The van der Waals surface area contributed by atoms with Crippen molar-refractivity contribution in [3.05, 3.63) is 23.9 Å². The van der Waals surface area contributed by atoms with E-state index in [-0.39, 0.29) is 34.6 Å². The number of nitrogens with zero attached hydrogens (tertiary/aromatic N) is 5. The predicted octanol–water partition coefficient (Wildman–Crippen LogP) is 3.74. The highest BCUT2D eigenvalue weighted by atomic mass is 32.2. The van der Waals surface area contributed by atoms with E-state index in [1.54, 1.807) is 0 Å². The third-order valence-corrected chi connectivity index (χ3v) is 10.2. The van der Waals surface area contributed by atoms with Gasteiger partial charge < -0.3 is 15.3 Å². The highest BCUT2D eigenvalue weighted by molar-refractivity contribution is 8.00. The Bertz CT molecular complexity index is 1170. The Hall–Kier alpha value is -1.99. The van der Waals surface area contributed by atoms with Gasteiger partial charge in [-0.1, -0.05) is 0 Å². The van der Waals surface area contributed by atoms with Crippen LogP contribution in [0.25, 0.3) is 0 Å². The van der Waals surface area contributed by atoms with E-state index in [2.05, 4.69) is 20.2 Å². The van der Waals surface area contributed by atoms with Gasteiger partial charge in [-0.2, -0.15) is 18.2 Å². The van der Waals surface area contributed by atoms with Gasteiger partial charge in [0.25, 0.3) is 0 Å². The number of alkyl halides is 3. The Morgan fingerprint density at radius 1 is 1.14 bits per heavy atom.